The van der Waals surface area contributed by atoms with Crippen LogP contribution >= 0.6 is 0 Å². The number of amides is 2. The van der Waals surface area contributed by atoms with E-state index in [0.717, 1.165) is 49.2 Å². The summed E-state index contributed by atoms with van der Waals surface area (Å²) in [5, 5.41) is 15.0. The monoisotopic (exact) mass is 331 g/mol. The molecule has 2 aromatic rings. The highest BCUT2D eigenvalue weighted by Gasteiger charge is 2.18. The number of fused-ring (bicyclic) bond motifs is 1. The number of imidazole rings is 1. The van der Waals surface area contributed by atoms with Crippen LogP contribution in [0, 0.1) is 5.92 Å². The summed E-state index contributed by atoms with van der Waals surface area (Å²) in [6.07, 6.45) is 3.96. The van der Waals surface area contributed by atoms with E-state index in [0.29, 0.717) is 12.5 Å². The number of anilines is 1. The third-order valence-electron chi connectivity index (χ3n) is 4.56. The molecule has 2 heterocycles. The first-order valence-electron chi connectivity index (χ1n) is 8.45. The Kier molecular flexibility index (Phi) is 5.32. The van der Waals surface area contributed by atoms with Crippen LogP contribution in [0.2, 0.25) is 0 Å². The third kappa shape index (κ3) is 4.04. The molecule has 1 aliphatic rings. The predicted octanol–water partition coefficient (Wildman–Crippen LogP) is 1.40. The summed E-state index contributed by atoms with van der Waals surface area (Å²) in [5.74, 6) is 0.373. The number of carbonyl (C=O) groups excluding carboxylic acids is 1. The van der Waals surface area contributed by atoms with Gasteiger partial charge >= 0.3 is 6.03 Å². The molecule has 0 saturated carbocycles. The van der Waals surface area contributed by atoms with Crippen molar-refractivity contribution >= 4 is 22.8 Å². The molecule has 2 amide bonds. The van der Waals surface area contributed by atoms with Crippen molar-refractivity contribution in [3.05, 3.63) is 24.5 Å². The number of piperidine rings is 1. The van der Waals surface area contributed by atoms with Gasteiger partial charge in [-0.25, -0.2) is 9.78 Å². The van der Waals surface area contributed by atoms with Gasteiger partial charge in [0.25, 0.3) is 0 Å². The molecule has 1 aromatic carbocycles. The van der Waals surface area contributed by atoms with Crippen molar-refractivity contribution in [2.75, 3.05) is 38.1 Å². The van der Waals surface area contributed by atoms with Gasteiger partial charge in [0.15, 0.2) is 0 Å². The van der Waals surface area contributed by atoms with Crippen LogP contribution in [-0.2, 0) is 7.05 Å². The molecule has 3 N–H and O–H groups in total. The fourth-order valence-electron chi connectivity index (χ4n) is 3.22. The van der Waals surface area contributed by atoms with Crippen LogP contribution in [0.4, 0.5) is 10.5 Å². The summed E-state index contributed by atoms with van der Waals surface area (Å²) in [7, 11) is 1.94. The fraction of sp³-hybridized carbons (Fsp3) is 0.529. The van der Waals surface area contributed by atoms with Gasteiger partial charge in [0, 0.05) is 39.0 Å². The van der Waals surface area contributed by atoms with E-state index in [-0.39, 0.29) is 12.6 Å². The van der Waals surface area contributed by atoms with Gasteiger partial charge < -0.3 is 25.2 Å². The molecule has 0 bridgehead atoms. The molecule has 0 unspecified atom stereocenters. The Labute approximate surface area is 141 Å². The lowest BCUT2D eigenvalue weighted by atomic mass is 9.99. The minimum atomic E-state index is -0.207. The van der Waals surface area contributed by atoms with E-state index in [2.05, 4.69) is 20.5 Å². The van der Waals surface area contributed by atoms with Crippen molar-refractivity contribution in [2.24, 2.45) is 13.0 Å². The first kappa shape index (κ1) is 16.7. The van der Waals surface area contributed by atoms with Gasteiger partial charge in [-0.05, 0) is 43.5 Å². The average molecular weight is 331 g/mol. The van der Waals surface area contributed by atoms with Gasteiger partial charge in [0.05, 0.1) is 17.4 Å². The highest BCUT2D eigenvalue weighted by molar-refractivity contribution is 5.91. The zero-order valence-corrected chi connectivity index (χ0v) is 14.0. The topological polar surface area (TPSA) is 82.4 Å². The molecule has 1 atom stereocenters. The SMILES string of the molecule is Cn1cnc2cc(NC(=O)NCCN3CCC[C@@H](CO)C3)ccc21. The van der Waals surface area contributed by atoms with Crippen molar-refractivity contribution in [3.63, 3.8) is 0 Å². The molecule has 0 aliphatic carbocycles. The fourth-order valence-corrected chi connectivity index (χ4v) is 3.22. The molecule has 1 aromatic heterocycles. The first-order valence-corrected chi connectivity index (χ1v) is 8.45. The number of likely N-dealkylation sites (tertiary alicyclic amines) is 1. The van der Waals surface area contributed by atoms with Crippen molar-refractivity contribution in [3.8, 4) is 0 Å². The standard InChI is InChI=1S/C17H25N5O2/c1-21-12-19-15-9-14(4-5-16(15)21)20-17(24)18-6-8-22-7-2-3-13(10-22)11-23/h4-5,9,12-13,23H,2-3,6-8,10-11H2,1H3,(H2,18,20,24)/t13-/m1/s1. The molecular formula is C17H25N5O2. The molecule has 1 aliphatic heterocycles. The van der Waals surface area contributed by atoms with Gasteiger partial charge in [0.1, 0.15) is 0 Å². The van der Waals surface area contributed by atoms with Crippen LogP contribution in [0.25, 0.3) is 11.0 Å². The minimum Gasteiger partial charge on any atom is -0.396 e. The molecule has 0 spiro atoms. The smallest absolute Gasteiger partial charge is 0.319 e. The maximum atomic E-state index is 12.0. The van der Waals surface area contributed by atoms with Crippen LogP contribution < -0.4 is 10.6 Å². The van der Waals surface area contributed by atoms with Gasteiger partial charge in [-0.2, -0.15) is 0 Å². The van der Waals surface area contributed by atoms with Crippen LogP contribution in [0.1, 0.15) is 12.8 Å². The number of nitrogens with one attached hydrogen (secondary N) is 2. The normalized spacial score (nSPS) is 18.7. The number of carbonyl (C=O) groups is 1. The number of nitrogens with zero attached hydrogens (tertiary/aromatic N) is 3. The van der Waals surface area contributed by atoms with Crippen molar-refractivity contribution in [1.82, 2.24) is 19.8 Å². The Morgan fingerprint density at radius 2 is 2.33 bits per heavy atom. The van der Waals surface area contributed by atoms with E-state index in [1.54, 1.807) is 6.33 Å². The molecule has 3 rings (SSSR count). The van der Waals surface area contributed by atoms with E-state index >= 15 is 0 Å². The summed E-state index contributed by atoms with van der Waals surface area (Å²) in [5.41, 5.74) is 2.63. The Morgan fingerprint density at radius 1 is 1.46 bits per heavy atom. The number of aliphatic hydroxyl groups excluding tert-OH is 1. The number of aryl methyl sites for hydroxylation is 1. The van der Waals surface area contributed by atoms with Crippen LogP contribution in [0.3, 0.4) is 0 Å². The van der Waals surface area contributed by atoms with Gasteiger partial charge in [0.2, 0.25) is 0 Å². The summed E-state index contributed by atoms with van der Waals surface area (Å²) >= 11 is 0. The zero-order valence-electron chi connectivity index (χ0n) is 14.0. The Balaban J connectivity index is 1.45. The molecule has 130 valence electrons. The zero-order chi connectivity index (χ0) is 16.9. The highest BCUT2D eigenvalue weighted by atomic mass is 16.3. The summed E-state index contributed by atoms with van der Waals surface area (Å²) in [4.78, 5) is 18.6. The third-order valence-corrected chi connectivity index (χ3v) is 4.56. The van der Waals surface area contributed by atoms with E-state index < -0.39 is 0 Å². The van der Waals surface area contributed by atoms with E-state index in [1.165, 1.54) is 0 Å². The Morgan fingerprint density at radius 3 is 3.17 bits per heavy atom. The van der Waals surface area contributed by atoms with Gasteiger partial charge in [-0.15, -0.1) is 0 Å². The Bertz CT molecular complexity index is 699. The van der Waals surface area contributed by atoms with E-state index in [1.807, 2.05) is 29.8 Å². The second-order valence-corrected chi connectivity index (χ2v) is 6.43. The summed E-state index contributed by atoms with van der Waals surface area (Å²) in [6, 6.07) is 5.48. The van der Waals surface area contributed by atoms with E-state index in [9.17, 15) is 9.90 Å². The van der Waals surface area contributed by atoms with Crippen molar-refractivity contribution < 1.29 is 9.90 Å². The molecular weight excluding hydrogens is 306 g/mol. The highest BCUT2D eigenvalue weighted by Crippen LogP contribution is 2.17. The minimum absolute atomic E-state index is 0.207. The molecule has 7 nitrogen and oxygen atoms in total. The number of aromatic nitrogens is 2. The molecule has 1 fully saturated rings. The predicted molar refractivity (Wildman–Crippen MR) is 94.0 cm³/mol. The number of benzene rings is 1. The lowest BCUT2D eigenvalue weighted by molar-refractivity contribution is 0.121. The second kappa shape index (κ2) is 7.63. The molecule has 0 radical (unpaired) electrons. The van der Waals surface area contributed by atoms with Crippen LogP contribution in [0.15, 0.2) is 24.5 Å². The van der Waals surface area contributed by atoms with Crippen molar-refractivity contribution in [2.45, 2.75) is 12.8 Å². The van der Waals surface area contributed by atoms with Crippen molar-refractivity contribution in [1.29, 1.82) is 0 Å². The summed E-state index contributed by atoms with van der Waals surface area (Å²) in [6.45, 7) is 3.60. The van der Waals surface area contributed by atoms with Crippen LogP contribution in [-0.4, -0.2) is 58.4 Å². The maximum absolute atomic E-state index is 12.0. The number of aliphatic hydroxyl groups is 1. The molecule has 7 heteroatoms. The number of urea groups is 1. The largest absolute Gasteiger partial charge is 0.396 e. The van der Waals surface area contributed by atoms with Gasteiger partial charge in [-0.3, -0.25) is 0 Å². The molecule has 24 heavy (non-hydrogen) atoms. The maximum Gasteiger partial charge on any atom is 0.319 e. The quantitative estimate of drug-likeness (QED) is 0.773. The van der Waals surface area contributed by atoms with E-state index in [4.69, 9.17) is 0 Å². The lowest BCUT2D eigenvalue weighted by Crippen LogP contribution is -2.42. The van der Waals surface area contributed by atoms with Crippen LogP contribution in [0.5, 0.6) is 0 Å². The Hall–Kier alpha value is -2.12. The molecule has 1 saturated heterocycles. The number of hydrogen-bond donors (Lipinski definition) is 3. The van der Waals surface area contributed by atoms with Gasteiger partial charge in [-0.1, -0.05) is 0 Å². The second-order valence-electron chi connectivity index (χ2n) is 6.43. The summed E-state index contributed by atoms with van der Waals surface area (Å²) < 4.78 is 1.94. The average Bonchev–Trinajstić information content (AvgIpc) is 2.95. The first-order chi connectivity index (χ1) is 11.7. The number of hydrogen-bond acceptors (Lipinski definition) is 4. The lowest BCUT2D eigenvalue weighted by Gasteiger charge is -2.31. The number of rotatable bonds is 5.